The molecule has 2 aliphatic rings. The summed E-state index contributed by atoms with van der Waals surface area (Å²) in [5.41, 5.74) is 0. The van der Waals surface area contributed by atoms with E-state index < -0.39 is 0 Å². The molecule has 2 fully saturated rings. The number of carbonyl (C=O) groups excluding carboxylic acids is 1. The highest BCUT2D eigenvalue weighted by atomic mass is 16.5. The number of likely N-dealkylation sites (tertiary alicyclic amines) is 1. The van der Waals surface area contributed by atoms with Gasteiger partial charge in [-0.15, -0.1) is 0 Å². The van der Waals surface area contributed by atoms with Crippen molar-refractivity contribution in [2.24, 2.45) is 0 Å². The molecule has 0 spiro atoms. The Morgan fingerprint density at radius 1 is 1.08 bits per heavy atom. The second-order valence-electron chi connectivity index (χ2n) is 6.64. The van der Waals surface area contributed by atoms with Crippen molar-refractivity contribution in [2.75, 3.05) is 36.4 Å². The highest BCUT2D eigenvalue weighted by molar-refractivity contribution is 5.88. The smallest absolute Gasteiger partial charge is 0.323 e. The molecule has 0 radical (unpaired) electrons. The van der Waals surface area contributed by atoms with E-state index in [9.17, 15) is 4.79 Å². The van der Waals surface area contributed by atoms with E-state index in [0.717, 1.165) is 31.1 Å². The van der Waals surface area contributed by atoms with Crippen LogP contribution in [0.5, 0.6) is 5.75 Å². The number of hydrogen-bond acceptors (Lipinski definition) is 5. The minimum absolute atomic E-state index is 0.0185. The number of hydrogen-bond donors (Lipinski definition) is 1. The number of anilines is 2. The van der Waals surface area contributed by atoms with Crippen LogP contribution in [0.25, 0.3) is 0 Å². The van der Waals surface area contributed by atoms with Crippen molar-refractivity contribution < 1.29 is 9.53 Å². The van der Waals surface area contributed by atoms with Gasteiger partial charge in [0.2, 0.25) is 0 Å². The first-order valence-electron chi connectivity index (χ1n) is 9.13. The van der Waals surface area contributed by atoms with Crippen LogP contribution in [-0.4, -0.2) is 53.2 Å². The van der Waals surface area contributed by atoms with Gasteiger partial charge in [-0.2, -0.15) is 0 Å². The maximum absolute atomic E-state index is 12.4. The molecule has 0 saturated carbocycles. The first kappa shape index (κ1) is 16.6. The molecule has 2 aliphatic heterocycles. The van der Waals surface area contributed by atoms with Crippen LogP contribution >= 0.6 is 0 Å². The van der Waals surface area contributed by atoms with Crippen molar-refractivity contribution in [1.82, 2.24) is 14.9 Å². The summed E-state index contributed by atoms with van der Waals surface area (Å²) in [6, 6.07) is 9.18. The van der Waals surface area contributed by atoms with Crippen molar-refractivity contribution in [1.29, 1.82) is 0 Å². The molecule has 0 unspecified atom stereocenters. The minimum Gasteiger partial charge on any atom is -0.485 e. The second-order valence-corrected chi connectivity index (χ2v) is 6.64. The quantitative estimate of drug-likeness (QED) is 0.915. The molecular formula is C19H23N5O2. The molecule has 2 aromatic rings. The molecule has 0 aromatic carbocycles. The van der Waals surface area contributed by atoms with Gasteiger partial charge in [0.15, 0.2) is 11.6 Å². The lowest BCUT2D eigenvalue weighted by molar-refractivity contribution is 0.194. The van der Waals surface area contributed by atoms with Gasteiger partial charge in [-0.1, -0.05) is 6.07 Å². The molecule has 0 aliphatic carbocycles. The van der Waals surface area contributed by atoms with Crippen LogP contribution in [-0.2, 0) is 0 Å². The van der Waals surface area contributed by atoms with Crippen molar-refractivity contribution in [3.8, 4) is 5.75 Å². The molecule has 2 aromatic heterocycles. The molecular weight excluding hydrogens is 330 g/mol. The molecule has 2 saturated heterocycles. The second kappa shape index (κ2) is 7.59. The third-order valence-electron chi connectivity index (χ3n) is 4.78. The molecule has 7 heteroatoms. The Balaban J connectivity index is 1.37. The number of carbonyl (C=O) groups is 1. The zero-order valence-corrected chi connectivity index (χ0v) is 14.7. The minimum atomic E-state index is -0.138. The number of aromatic nitrogens is 2. The third kappa shape index (κ3) is 3.71. The van der Waals surface area contributed by atoms with E-state index in [1.807, 2.05) is 30.5 Å². The van der Waals surface area contributed by atoms with Crippen LogP contribution in [0.4, 0.5) is 16.4 Å². The summed E-state index contributed by atoms with van der Waals surface area (Å²) in [6.07, 6.45) is 6.65. The molecule has 1 N–H and O–H groups in total. The summed E-state index contributed by atoms with van der Waals surface area (Å²) in [5.74, 6) is 2.29. The standard InChI is InChI=1S/C19H23N5O2/c25-19(22-17-7-1-2-9-20-17)24-13-8-15(14-24)26-16-6-5-10-21-18(16)23-11-3-4-12-23/h1-2,5-7,9-10,15H,3-4,8,11-14H2,(H,20,22,25)/t15-/m1/s1. The van der Waals surface area contributed by atoms with E-state index in [1.54, 1.807) is 17.2 Å². The maximum atomic E-state index is 12.4. The Labute approximate surface area is 153 Å². The van der Waals surface area contributed by atoms with Gasteiger partial charge < -0.3 is 14.5 Å². The van der Waals surface area contributed by atoms with Gasteiger partial charge in [-0.05, 0) is 37.1 Å². The number of rotatable bonds is 4. The number of pyridine rings is 2. The lowest BCUT2D eigenvalue weighted by atomic mass is 10.3. The van der Waals surface area contributed by atoms with E-state index in [-0.39, 0.29) is 12.1 Å². The zero-order valence-electron chi connectivity index (χ0n) is 14.7. The van der Waals surface area contributed by atoms with Crippen LogP contribution in [0.3, 0.4) is 0 Å². The van der Waals surface area contributed by atoms with Gasteiger partial charge in [-0.25, -0.2) is 14.8 Å². The Morgan fingerprint density at radius 3 is 2.73 bits per heavy atom. The fraction of sp³-hybridized carbons (Fsp3) is 0.421. The van der Waals surface area contributed by atoms with E-state index in [1.165, 1.54) is 12.8 Å². The molecule has 4 heterocycles. The Morgan fingerprint density at radius 2 is 1.92 bits per heavy atom. The molecule has 26 heavy (non-hydrogen) atoms. The fourth-order valence-corrected chi connectivity index (χ4v) is 3.45. The van der Waals surface area contributed by atoms with Gasteiger partial charge in [0.1, 0.15) is 11.9 Å². The largest absolute Gasteiger partial charge is 0.485 e. The Hall–Kier alpha value is -2.83. The Bertz CT molecular complexity index is 749. The number of urea groups is 1. The topological polar surface area (TPSA) is 70.6 Å². The van der Waals surface area contributed by atoms with Crippen LogP contribution < -0.4 is 15.0 Å². The van der Waals surface area contributed by atoms with Gasteiger partial charge in [0.05, 0.1) is 6.54 Å². The predicted molar refractivity (Wildman–Crippen MR) is 99.5 cm³/mol. The van der Waals surface area contributed by atoms with E-state index >= 15 is 0 Å². The van der Waals surface area contributed by atoms with E-state index in [0.29, 0.717) is 18.9 Å². The first-order chi connectivity index (χ1) is 12.8. The summed E-state index contributed by atoms with van der Waals surface area (Å²) < 4.78 is 6.21. The van der Waals surface area contributed by atoms with Gasteiger partial charge >= 0.3 is 6.03 Å². The molecule has 1 atom stereocenters. The number of nitrogens with one attached hydrogen (secondary N) is 1. The van der Waals surface area contributed by atoms with Crippen molar-refractivity contribution in [3.05, 3.63) is 42.7 Å². The lowest BCUT2D eigenvalue weighted by Crippen LogP contribution is -2.34. The summed E-state index contributed by atoms with van der Waals surface area (Å²) in [6.45, 7) is 3.28. The lowest BCUT2D eigenvalue weighted by Gasteiger charge is -2.22. The van der Waals surface area contributed by atoms with Crippen LogP contribution in [0.2, 0.25) is 0 Å². The molecule has 0 bridgehead atoms. The summed E-state index contributed by atoms with van der Waals surface area (Å²) in [7, 11) is 0. The van der Waals surface area contributed by atoms with Crippen LogP contribution in [0, 0.1) is 0 Å². The third-order valence-corrected chi connectivity index (χ3v) is 4.78. The average molecular weight is 353 g/mol. The van der Waals surface area contributed by atoms with Crippen molar-refractivity contribution in [2.45, 2.75) is 25.4 Å². The number of amides is 2. The Kier molecular flexibility index (Phi) is 4.86. The van der Waals surface area contributed by atoms with Gasteiger partial charge in [0, 0.05) is 38.4 Å². The normalized spacial score (nSPS) is 19.6. The molecule has 4 rings (SSSR count). The average Bonchev–Trinajstić information content (AvgIpc) is 3.35. The summed E-state index contributed by atoms with van der Waals surface area (Å²) in [4.78, 5) is 25.1. The molecule has 2 amide bonds. The first-order valence-corrected chi connectivity index (χ1v) is 9.13. The van der Waals surface area contributed by atoms with Crippen molar-refractivity contribution in [3.63, 3.8) is 0 Å². The van der Waals surface area contributed by atoms with Gasteiger partial charge in [-0.3, -0.25) is 5.32 Å². The highest BCUT2D eigenvalue weighted by Gasteiger charge is 2.29. The monoisotopic (exact) mass is 353 g/mol. The maximum Gasteiger partial charge on any atom is 0.323 e. The number of nitrogens with zero attached hydrogens (tertiary/aromatic N) is 4. The highest BCUT2D eigenvalue weighted by Crippen LogP contribution is 2.30. The zero-order chi connectivity index (χ0) is 17.8. The summed E-state index contributed by atoms with van der Waals surface area (Å²) >= 11 is 0. The fourth-order valence-electron chi connectivity index (χ4n) is 3.45. The van der Waals surface area contributed by atoms with Crippen LogP contribution in [0.15, 0.2) is 42.7 Å². The van der Waals surface area contributed by atoms with E-state index in [2.05, 4.69) is 20.2 Å². The van der Waals surface area contributed by atoms with Gasteiger partial charge in [0.25, 0.3) is 0 Å². The predicted octanol–water partition coefficient (Wildman–Crippen LogP) is 2.76. The SMILES string of the molecule is O=C(Nc1ccccn1)N1CC[C@@H](Oc2cccnc2N2CCCC2)C1. The van der Waals surface area contributed by atoms with Crippen LogP contribution in [0.1, 0.15) is 19.3 Å². The molecule has 7 nitrogen and oxygen atoms in total. The molecule has 136 valence electrons. The summed E-state index contributed by atoms with van der Waals surface area (Å²) in [5, 5.41) is 2.82. The van der Waals surface area contributed by atoms with E-state index in [4.69, 9.17) is 4.74 Å². The number of ether oxygens (including phenoxy) is 1. The van der Waals surface area contributed by atoms with Crippen molar-refractivity contribution >= 4 is 17.7 Å².